The molecule has 0 atom stereocenters. The van der Waals surface area contributed by atoms with E-state index in [4.69, 9.17) is 33.6 Å². The van der Waals surface area contributed by atoms with Crippen LogP contribution in [0.3, 0.4) is 0 Å². The van der Waals surface area contributed by atoms with Gasteiger partial charge in [-0.2, -0.15) is 10.5 Å². The van der Waals surface area contributed by atoms with Gasteiger partial charge in [0.2, 0.25) is 5.82 Å². The highest BCUT2D eigenvalue weighted by atomic mass is 35.5. The summed E-state index contributed by atoms with van der Waals surface area (Å²) in [5.41, 5.74) is 0.247. The van der Waals surface area contributed by atoms with E-state index in [0.717, 1.165) is 0 Å². The average molecular weight is 325 g/mol. The van der Waals surface area contributed by atoms with E-state index in [-0.39, 0.29) is 32.7 Å². The summed E-state index contributed by atoms with van der Waals surface area (Å²) in [6.07, 6.45) is 1.28. The predicted molar refractivity (Wildman–Crippen MR) is 74.8 cm³/mol. The highest BCUT2D eigenvalue weighted by molar-refractivity contribution is 6.38. The first kappa shape index (κ1) is 14.8. The Kier molecular flexibility index (Phi) is 4.37. The van der Waals surface area contributed by atoms with E-state index in [2.05, 4.69) is 25.9 Å². The molecule has 0 saturated heterocycles. The molecule has 2 rings (SSSR count). The number of H-pyrrole nitrogens is 1. The molecule has 0 radical (unpaired) electrons. The number of aromatic nitrogens is 4. The molecule has 106 valence electrons. The fourth-order valence-corrected chi connectivity index (χ4v) is 1.91. The Morgan fingerprint density at radius 3 is 2.76 bits per heavy atom. The Bertz CT molecular complexity index is 751. The number of allylic oxidation sites excluding steroid dienone is 1. The molecule has 1 aromatic carbocycles. The number of anilines is 1. The van der Waals surface area contributed by atoms with Gasteiger partial charge in [0.1, 0.15) is 11.6 Å². The van der Waals surface area contributed by atoms with Crippen molar-refractivity contribution in [2.24, 2.45) is 0 Å². The van der Waals surface area contributed by atoms with Gasteiger partial charge in [-0.1, -0.05) is 23.2 Å². The lowest BCUT2D eigenvalue weighted by Gasteiger charge is -2.07. The molecule has 0 aliphatic heterocycles. The summed E-state index contributed by atoms with van der Waals surface area (Å²) in [5, 5.41) is 33.8. The van der Waals surface area contributed by atoms with E-state index in [1.807, 2.05) is 6.07 Å². The van der Waals surface area contributed by atoms with E-state index in [1.54, 1.807) is 0 Å². The SMILES string of the molecule is N#CC(=CNc1cc(C(=O)O)c(Cl)cc1Cl)c1nn[nH]n1. The predicted octanol–water partition coefficient (Wildman–Crippen LogP) is 2.18. The summed E-state index contributed by atoms with van der Waals surface area (Å²) in [7, 11) is 0. The number of rotatable bonds is 4. The van der Waals surface area contributed by atoms with Crippen molar-refractivity contribution in [3.05, 3.63) is 39.8 Å². The number of aromatic amines is 1. The summed E-state index contributed by atoms with van der Waals surface area (Å²) in [5.74, 6) is -1.10. The van der Waals surface area contributed by atoms with Crippen molar-refractivity contribution < 1.29 is 9.90 Å². The molecule has 0 bridgehead atoms. The molecule has 0 aliphatic rings. The number of carboxylic acid groups (broad SMARTS) is 1. The van der Waals surface area contributed by atoms with Crippen molar-refractivity contribution in [2.45, 2.75) is 0 Å². The number of nitrogens with one attached hydrogen (secondary N) is 2. The first-order chi connectivity index (χ1) is 10.0. The number of nitrogens with zero attached hydrogens (tertiary/aromatic N) is 4. The quantitative estimate of drug-likeness (QED) is 0.735. The molecule has 0 unspecified atom stereocenters. The number of hydrogen-bond donors (Lipinski definition) is 3. The van der Waals surface area contributed by atoms with Crippen LogP contribution in [0.2, 0.25) is 10.0 Å². The Balaban J connectivity index is 2.34. The van der Waals surface area contributed by atoms with E-state index < -0.39 is 5.97 Å². The van der Waals surface area contributed by atoms with E-state index in [9.17, 15) is 4.79 Å². The lowest BCUT2D eigenvalue weighted by atomic mass is 10.2. The van der Waals surface area contributed by atoms with Gasteiger partial charge in [0.25, 0.3) is 0 Å². The second kappa shape index (κ2) is 6.21. The third kappa shape index (κ3) is 3.28. The molecule has 0 saturated carbocycles. The highest BCUT2D eigenvalue weighted by Crippen LogP contribution is 2.29. The van der Waals surface area contributed by atoms with E-state index in [0.29, 0.717) is 0 Å². The second-order valence-electron chi connectivity index (χ2n) is 3.67. The summed E-state index contributed by atoms with van der Waals surface area (Å²) in [6, 6.07) is 4.42. The Morgan fingerprint density at radius 2 is 2.19 bits per heavy atom. The molecule has 8 nitrogen and oxygen atoms in total. The van der Waals surface area contributed by atoms with Crippen molar-refractivity contribution in [1.29, 1.82) is 5.26 Å². The first-order valence-electron chi connectivity index (χ1n) is 5.36. The normalized spacial score (nSPS) is 11.0. The van der Waals surface area contributed by atoms with Gasteiger partial charge in [0.15, 0.2) is 0 Å². The van der Waals surface area contributed by atoms with Crippen LogP contribution in [0.15, 0.2) is 18.3 Å². The molecule has 0 amide bonds. The fraction of sp³-hybridized carbons (Fsp3) is 0. The Labute approximate surface area is 128 Å². The van der Waals surface area contributed by atoms with Crippen LogP contribution < -0.4 is 5.32 Å². The Hall–Kier alpha value is -2.63. The molecule has 1 heterocycles. The van der Waals surface area contributed by atoms with Gasteiger partial charge in [0.05, 0.1) is 21.3 Å². The summed E-state index contributed by atoms with van der Waals surface area (Å²) in [6.45, 7) is 0. The van der Waals surface area contributed by atoms with Gasteiger partial charge in [0, 0.05) is 6.20 Å². The minimum atomic E-state index is -1.19. The zero-order valence-electron chi connectivity index (χ0n) is 10.1. The standard InChI is InChI=1S/C11H6Cl2N6O2/c12-7-2-8(13)9(1-6(7)11(20)21)15-4-5(3-14)10-16-18-19-17-10/h1-2,4,15H,(H,20,21)(H,16,17,18,19). The summed E-state index contributed by atoms with van der Waals surface area (Å²) >= 11 is 11.7. The van der Waals surface area contributed by atoms with Gasteiger partial charge < -0.3 is 10.4 Å². The van der Waals surface area contributed by atoms with Crippen LogP contribution in [0.25, 0.3) is 5.57 Å². The lowest BCUT2D eigenvalue weighted by Crippen LogP contribution is -2.00. The Morgan fingerprint density at radius 1 is 1.43 bits per heavy atom. The van der Waals surface area contributed by atoms with Gasteiger partial charge in [-0.15, -0.1) is 10.2 Å². The zero-order chi connectivity index (χ0) is 15.4. The van der Waals surface area contributed by atoms with Crippen LogP contribution >= 0.6 is 23.2 Å². The molecule has 3 N–H and O–H groups in total. The number of benzene rings is 1. The van der Waals surface area contributed by atoms with Crippen LogP contribution in [-0.4, -0.2) is 31.7 Å². The number of carboxylic acids is 1. The molecule has 0 fully saturated rings. The van der Waals surface area contributed by atoms with Crippen molar-refractivity contribution >= 4 is 40.4 Å². The zero-order valence-corrected chi connectivity index (χ0v) is 11.6. The fourth-order valence-electron chi connectivity index (χ4n) is 1.40. The van der Waals surface area contributed by atoms with Crippen molar-refractivity contribution in [3.63, 3.8) is 0 Å². The number of hydrogen-bond acceptors (Lipinski definition) is 6. The largest absolute Gasteiger partial charge is 0.478 e. The van der Waals surface area contributed by atoms with Crippen molar-refractivity contribution in [2.75, 3.05) is 5.32 Å². The maximum Gasteiger partial charge on any atom is 0.337 e. The molecule has 0 spiro atoms. The maximum absolute atomic E-state index is 11.0. The van der Waals surface area contributed by atoms with Gasteiger partial charge in [-0.3, -0.25) is 0 Å². The van der Waals surface area contributed by atoms with E-state index in [1.165, 1.54) is 18.3 Å². The lowest BCUT2D eigenvalue weighted by molar-refractivity contribution is 0.0697. The van der Waals surface area contributed by atoms with Crippen LogP contribution in [0.5, 0.6) is 0 Å². The number of aromatic carboxylic acids is 1. The minimum Gasteiger partial charge on any atom is -0.478 e. The number of nitriles is 1. The maximum atomic E-state index is 11.0. The smallest absolute Gasteiger partial charge is 0.337 e. The molecular formula is C11H6Cl2N6O2. The molecule has 10 heteroatoms. The van der Waals surface area contributed by atoms with Crippen molar-refractivity contribution in [3.8, 4) is 6.07 Å². The third-order valence-corrected chi connectivity index (χ3v) is 2.99. The van der Waals surface area contributed by atoms with Crippen LogP contribution in [0.1, 0.15) is 16.2 Å². The molecule has 21 heavy (non-hydrogen) atoms. The topological polar surface area (TPSA) is 128 Å². The van der Waals surface area contributed by atoms with Crippen molar-refractivity contribution in [1.82, 2.24) is 20.6 Å². The minimum absolute atomic E-state index is 0.0145. The molecule has 0 aliphatic carbocycles. The average Bonchev–Trinajstić information content (AvgIpc) is 2.95. The summed E-state index contributed by atoms with van der Waals surface area (Å²) < 4.78 is 0. The van der Waals surface area contributed by atoms with Gasteiger partial charge >= 0.3 is 5.97 Å². The first-order valence-corrected chi connectivity index (χ1v) is 6.11. The van der Waals surface area contributed by atoms with Crippen LogP contribution in [0, 0.1) is 11.3 Å². The van der Waals surface area contributed by atoms with Gasteiger partial charge in [-0.05, 0) is 17.3 Å². The molecule has 1 aromatic heterocycles. The number of halogens is 2. The number of tetrazole rings is 1. The van der Waals surface area contributed by atoms with Crippen LogP contribution in [0.4, 0.5) is 5.69 Å². The number of carbonyl (C=O) groups is 1. The van der Waals surface area contributed by atoms with E-state index >= 15 is 0 Å². The second-order valence-corrected chi connectivity index (χ2v) is 4.48. The molecular weight excluding hydrogens is 319 g/mol. The highest BCUT2D eigenvalue weighted by Gasteiger charge is 2.13. The summed E-state index contributed by atoms with van der Waals surface area (Å²) in [4.78, 5) is 11.0. The monoisotopic (exact) mass is 324 g/mol. The molecule has 2 aromatic rings. The van der Waals surface area contributed by atoms with Gasteiger partial charge in [-0.25, -0.2) is 4.79 Å². The third-order valence-electron chi connectivity index (χ3n) is 2.37. The van der Waals surface area contributed by atoms with Crippen LogP contribution in [-0.2, 0) is 0 Å².